The van der Waals surface area contributed by atoms with Gasteiger partial charge in [0, 0.05) is 18.7 Å². The number of aromatic nitrogens is 4. The van der Waals surface area contributed by atoms with Crippen molar-refractivity contribution < 1.29 is 18.8 Å². The zero-order valence-electron chi connectivity index (χ0n) is 18.5. The molecule has 0 bridgehead atoms. The third kappa shape index (κ3) is 2.54. The molecule has 3 aromatic heterocycles. The monoisotopic (exact) mass is 446 g/mol. The number of benzene rings is 1. The van der Waals surface area contributed by atoms with Crippen LogP contribution in [0.1, 0.15) is 37.9 Å². The molecule has 1 saturated heterocycles. The van der Waals surface area contributed by atoms with E-state index in [4.69, 9.17) is 9.26 Å². The van der Waals surface area contributed by atoms with Crippen molar-refractivity contribution in [2.75, 3.05) is 20.2 Å². The van der Waals surface area contributed by atoms with Crippen LogP contribution in [0.2, 0.25) is 0 Å². The van der Waals surface area contributed by atoms with Crippen LogP contribution >= 0.6 is 0 Å². The molecular weight excluding hydrogens is 424 g/mol. The molecule has 1 unspecified atom stereocenters. The number of amides is 2. The number of fused-ring (bicyclic) bond motifs is 4. The normalized spacial score (nSPS) is 19.8. The summed E-state index contributed by atoms with van der Waals surface area (Å²) in [4.78, 5) is 38.8. The van der Waals surface area contributed by atoms with Gasteiger partial charge in [-0.15, -0.1) is 0 Å². The first-order valence-corrected chi connectivity index (χ1v) is 10.7. The van der Waals surface area contributed by atoms with Gasteiger partial charge >= 0.3 is 0 Å². The summed E-state index contributed by atoms with van der Waals surface area (Å²) in [6.07, 6.45) is 1.36. The van der Waals surface area contributed by atoms with E-state index < -0.39 is 5.66 Å². The highest BCUT2D eigenvalue weighted by atomic mass is 16.5. The molecule has 6 rings (SSSR count). The molecule has 33 heavy (non-hydrogen) atoms. The number of aromatic amines is 1. The van der Waals surface area contributed by atoms with Gasteiger partial charge in [0.15, 0.2) is 11.3 Å². The Morgan fingerprint density at radius 1 is 1.21 bits per heavy atom. The minimum atomic E-state index is -1.03. The van der Waals surface area contributed by atoms with Crippen LogP contribution in [0.4, 0.5) is 0 Å². The zero-order valence-corrected chi connectivity index (χ0v) is 18.5. The van der Waals surface area contributed by atoms with Crippen molar-refractivity contribution in [3.8, 4) is 5.75 Å². The lowest BCUT2D eigenvalue weighted by atomic mass is 9.93. The number of aryl methyl sites for hydroxylation is 2. The van der Waals surface area contributed by atoms with E-state index in [1.54, 1.807) is 23.8 Å². The Morgan fingerprint density at radius 3 is 2.70 bits per heavy atom. The Kier molecular flexibility index (Phi) is 3.98. The maximum atomic E-state index is 13.7. The van der Waals surface area contributed by atoms with Gasteiger partial charge in [0.1, 0.15) is 29.1 Å². The number of nitrogens with zero attached hydrogens (tertiary/aromatic N) is 5. The van der Waals surface area contributed by atoms with Gasteiger partial charge in [0.05, 0.1) is 24.9 Å². The third-order valence-corrected chi connectivity index (χ3v) is 6.72. The number of carbonyl (C=O) groups excluding carboxylic acids is 2. The molecule has 2 aliphatic rings. The van der Waals surface area contributed by atoms with Crippen molar-refractivity contribution in [3.05, 3.63) is 64.9 Å². The van der Waals surface area contributed by atoms with Crippen molar-refractivity contribution in [2.24, 2.45) is 0 Å². The highest BCUT2D eigenvalue weighted by Gasteiger charge is 2.57. The lowest BCUT2D eigenvalue weighted by Gasteiger charge is -2.47. The summed E-state index contributed by atoms with van der Waals surface area (Å²) >= 11 is 0. The maximum absolute atomic E-state index is 13.7. The summed E-state index contributed by atoms with van der Waals surface area (Å²) in [5, 5.41) is 3.88. The molecule has 2 aliphatic heterocycles. The number of imidazole rings is 1. The predicted octanol–water partition coefficient (Wildman–Crippen LogP) is 2.44. The van der Waals surface area contributed by atoms with Crippen molar-refractivity contribution in [3.63, 3.8) is 0 Å². The van der Waals surface area contributed by atoms with Gasteiger partial charge in [-0.25, -0.2) is 4.98 Å². The lowest BCUT2D eigenvalue weighted by molar-refractivity contribution is -0.00530. The second kappa shape index (κ2) is 6.71. The minimum Gasteiger partial charge on any atom is -0.497 e. The van der Waals surface area contributed by atoms with Crippen molar-refractivity contribution >= 4 is 23.0 Å². The van der Waals surface area contributed by atoms with E-state index in [1.165, 1.54) is 6.26 Å². The van der Waals surface area contributed by atoms with Crippen LogP contribution in [-0.2, 0) is 12.2 Å². The summed E-state index contributed by atoms with van der Waals surface area (Å²) in [6.45, 7) is 4.76. The summed E-state index contributed by atoms with van der Waals surface area (Å²) in [5.74, 6) is 1.09. The highest BCUT2D eigenvalue weighted by Crippen LogP contribution is 2.45. The molecule has 0 spiro atoms. The lowest BCUT2D eigenvalue weighted by Crippen LogP contribution is -2.60. The average Bonchev–Trinajstić information content (AvgIpc) is 3.57. The average molecular weight is 446 g/mol. The first kappa shape index (κ1) is 19.6. The van der Waals surface area contributed by atoms with Crippen molar-refractivity contribution in [1.29, 1.82) is 0 Å². The van der Waals surface area contributed by atoms with E-state index in [2.05, 4.69) is 15.1 Å². The minimum absolute atomic E-state index is 0.140. The van der Waals surface area contributed by atoms with Gasteiger partial charge in [-0.3, -0.25) is 9.59 Å². The summed E-state index contributed by atoms with van der Waals surface area (Å²) < 4.78 is 12.3. The Balaban J connectivity index is 1.57. The van der Waals surface area contributed by atoms with Gasteiger partial charge in [0.25, 0.3) is 11.8 Å². The number of hydrogen-bond donors (Lipinski definition) is 1. The zero-order chi connectivity index (χ0) is 22.9. The van der Waals surface area contributed by atoms with Gasteiger partial charge in [-0.2, -0.15) is 0 Å². The third-order valence-electron chi connectivity index (χ3n) is 6.72. The Morgan fingerprint density at radius 2 is 2.00 bits per heavy atom. The second-order valence-electron chi connectivity index (χ2n) is 8.45. The Bertz CT molecular complexity index is 1410. The Hall–Kier alpha value is -4.08. The van der Waals surface area contributed by atoms with Gasteiger partial charge in [-0.1, -0.05) is 17.3 Å². The van der Waals surface area contributed by atoms with E-state index >= 15 is 0 Å². The quantitative estimate of drug-likeness (QED) is 0.518. The van der Waals surface area contributed by atoms with Crippen LogP contribution in [0.3, 0.4) is 0 Å². The first-order chi connectivity index (χ1) is 15.9. The molecule has 168 valence electrons. The smallest absolute Gasteiger partial charge is 0.272 e. The topological polar surface area (TPSA) is 109 Å². The molecule has 4 aromatic rings. The second-order valence-corrected chi connectivity index (χ2v) is 8.45. The number of ether oxygens (including phenoxy) is 1. The molecule has 2 amide bonds. The largest absolute Gasteiger partial charge is 0.497 e. The number of nitrogens with one attached hydrogen (secondary N) is 1. The molecule has 0 saturated carbocycles. The SMILES string of the molecule is COc1ccc(C23Cn4c(cc5[nH]c(C)nc54)C(=O)N2CCN3C(=O)c2conc2C)cc1. The molecular formula is C23H22N6O4. The van der Waals surface area contributed by atoms with Crippen LogP contribution in [-0.4, -0.2) is 61.5 Å². The van der Waals surface area contributed by atoms with Crippen LogP contribution in [0.15, 0.2) is 41.1 Å². The van der Waals surface area contributed by atoms with Gasteiger partial charge < -0.3 is 28.6 Å². The highest BCUT2D eigenvalue weighted by molar-refractivity contribution is 6.01. The number of carbonyl (C=O) groups is 2. The number of hydrogen-bond acceptors (Lipinski definition) is 6. The van der Waals surface area contributed by atoms with Crippen LogP contribution in [0, 0.1) is 13.8 Å². The fourth-order valence-electron chi connectivity index (χ4n) is 5.16. The summed E-state index contributed by atoms with van der Waals surface area (Å²) in [6, 6.07) is 9.35. The van der Waals surface area contributed by atoms with E-state index in [9.17, 15) is 9.59 Å². The van der Waals surface area contributed by atoms with Crippen molar-refractivity contribution in [1.82, 2.24) is 29.5 Å². The van der Waals surface area contributed by atoms with Gasteiger partial charge in [0.2, 0.25) is 0 Å². The summed E-state index contributed by atoms with van der Waals surface area (Å²) in [5.41, 5.74) is 2.74. The molecule has 0 radical (unpaired) electrons. The number of rotatable bonds is 3. The van der Waals surface area contributed by atoms with E-state index in [1.807, 2.05) is 41.8 Å². The molecule has 1 fully saturated rings. The van der Waals surface area contributed by atoms with E-state index in [0.29, 0.717) is 48.0 Å². The molecule has 1 atom stereocenters. The standard InChI is InChI=1S/C23H22N6O4/c1-13-17(11-33-26-13)21(30)28-8-9-29-22(31)19-10-18-20(25-14(2)24-18)27(19)12-23(28,29)15-4-6-16(32-3)7-5-15/h4-7,10-11H,8-9,12H2,1-3H3,(H,24,25). The molecule has 1 aromatic carbocycles. The van der Waals surface area contributed by atoms with Crippen LogP contribution < -0.4 is 4.74 Å². The Labute approximate surface area is 188 Å². The molecule has 0 aliphatic carbocycles. The predicted molar refractivity (Wildman–Crippen MR) is 117 cm³/mol. The van der Waals surface area contributed by atoms with E-state index in [0.717, 1.165) is 16.9 Å². The van der Waals surface area contributed by atoms with Crippen LogP contribution in [0.5, 0.6) is 5.75 Å². The molecule has 5 heterocycles. The number of H-pyrrole nitrogens is 1. The molecule has 1 N–H and O–H groups in total. The maximum Gasteiger partial charge on any atom is 0.272 e. The molecule has 10 nitrogen and oxygen atoms in total. The van der Waals surface area contributed by atoms with Crippen molar-refractivity contribution in [2.45, 2.75) is 26.1 Å². The molecule has 10 heteroatoms. The first-order valence-electron chi connectivity index (χ1n) is 10.7. The number of methoxy groups -OCH3 is 1. The fourth-order valence-corrected chi connectivity index (χ4v) is 5.16. The van der Waals surface area contributed by atoms with Gasteiger partial charge in [-0.05, 0) is 32.0 Å². The van der Waals surface area contributed by atoms with E-state index in [-0.39, 0.29) is 11.8 Å². The van der Waals surface area contributed by atoms with Crippen LogP contribution in [0.25, 0.3) is 11.2 Å². The fraction of sp³-hybridized carbons (Fsp3) is 0.304. The summed E-state index contributed by atoms with van der Waals surface area (Å²) in [7, 11) is 1.60.